The van der Waals surface area contributed by atoms with Crippen molar-refractivity contribution in [3.8, 4) is 0 Å². The third kappa shape index (κ3) is 4.80. The van der Waals surface area contributed by atoms with Crippen molar-refractivity contribution in [2.24, 2.45) is 0 Å². The topological polar surface area (TPSA) is 80.1 Å². The summed E-state index contributed by atoms with van der Waals surface area (Å²) in [5, 5.41) is 3.17. The Kier molecular flexibility index (Phi) is 6.22. The van der Waals surface area contributed by atoms with Crippen LogP contribution in [0.2, 0.25) is 0 Å². The second kappa shape index (κ2) is 9.23. The molecule has 0 bridgehead atoms. The molecule has 2 aromatic carbocycles. The fourth-order valence-corrected chi connectivity index (χ4v) is 4.03. The van der Waals surface area contributed by atoms with Gasteiger partial charge >= 0.3 is 0 Å². The van der Waals surface area contributed by atoms with Gasteiger partial charge in [0.1, 0.15) is 29.2 Å². The van der Waals surface area contributed by atoms with Crippen molar-refractivity contribution in [1.82, 2.24) is 19.9 Å². The van der Waals surface area contributed by atoms with Crippen LogP contribution in [0.4, 0.5) is 13.9 Å². The van der Waals surface area contributed by atoms with Gasteiger partial charge in [0.2, 0.25) is 5.91 Å². The summed E-state index contributed by atoms with van der Waals surface area (Å²) in [5.74, 6) is -1.94. The molecule has 0 saturated heterocycles. The molecule has 0 aliphatic rings. The molecule has 1 N–H and O–H groups in total. The third-order valence-corrected chi connectivity index (χ3v) is 5.91. The number of carbonyl (C=O) groups is 1. The van der Waals surface area contributed by atoms with Gasteiger partial charge in [0.25, 0.3) is 5.56 Å². The molecule has 32 heavy (non-hydrogen) atoms. The van der Waals surface area contributed by atoms with E-state index in [2.05, 4.69) is 15.3 Å². The monoisotopic (exact) mass is 455 g/mol. The van der Waals surface area contributed by atoms with Crippen molar-refractivity contribution in [2.75, 3.05) is 11.9 Å². The summed E-state index contributed by atoms with van der Waals surface area (Å²) in [6.07, 6.45) is 1.27. The number of nitrogens with zero attached hydrogens (tertiary/aromatic N) is 4. The summed E-state index contributed by atoms with van der Waals surface area (Å²) < 4.78 is 28.2. The van der Waals surface area contributed by atoms with Crippen molar-refractivity contribution < 1.29 is 13.6 Å². The Morgan fingerprint density at radius 3 is 2.72 bits per heavy atom. The van der Waals surface area contributed by atoms with Gasteiger partial charge in [-0.05, 0) is 11.6 Å². The van der Waals surface area contributed by atoms with Crippen LogP contribution < -0.4 is 15.8 Å². The third-order valence-electron chi connectivity index (χ3n) is 4.77. The zero-order valence-corrected chi connectivity index (χ0v) is 17.9. The quantitative estimate of drug-likeness (QED) is 0.463. The van der Waals surface area contributed by atoms with Crippen LogP contribution in [-0.4, -0.2) is 27.5 Å². The molecule has 0 atom stereocenters. The van der Waals surface area contributed by atoms with Crippen molar-refractivity contribution in [3.63, 3.8) is 0 Å². The van der Waals surface area contributed by atoms with Crippen LogP contribution in [0.1, 0.15) is 11.1 Å². The van der Waals surface area contributed by atoms with E-state index in [-0.39, 0.29) is 24.2 Å². The molecule has 7 nitrogen and oxygen atoms in total. The van der Waals surface area contributed by atoms with E-state index in [1.165, 1.54) is 28.3 Å². The average Bonchev–Trinajstić information content (AvgIpc) is 3.21. The molecule has 4 rings (SSSR count). The number of thiazole rings is 1. The number of nitrogens with one attached hydrogen (secondary N) is 1. The molecule has 1 amide bonds. The van der Waals surface area contributed by atoms with Crippen molar-refractivity contribution >= 4 is 32.7 Å². The van der Waals surface area contributed by atoms with Crippen LogP contribution in [0.5, 0.6) is 0 Å². The van der Waals surface area contributed by atoms with E-state index in [0.29, 0.717) is 22.0 Å². The molecule has 0 saturated carbocycles. The van der Waals surface area contributed by atoms with E-state index in [0.717, 1.165) is 17.7 Å². The van der Waals surface area contributed by atoms with E-state index < -0.39 is 17.5 Å². The Morgan fingerprint density at radius 1 is 1.19 bits per heavy atom. The molecular formula is C22H19F2N5O2S. The van der Waals surface area contributed by atoms with E-state index in [4.69, 9.17) is 0 Å². The highest BCUT2D eigenvalue weighted by molar-refractivity contribution is 7.22. The van der Waals surface area contributed by atoms with Crippen LogP contribution >= 0.6 is 11.3 Å². The predicted molar refractivity (Wildman–Crippen MR) is 118 cm³/mol. The van der Waals surface area contributed by atoms with Gasteiger partial charge in [0.15, 0.2) is 10.8 Å². The number of fused-ring (bicyclic) bond motifs is 1. The van der Waals surface area contributed by atoms with Crippen LogP contribution in [0, 0.1) is 11.6 Å². The lowest BCUT2D eigenvalue weighted by atomic mass is 10.2. The highest BCUT2D eigenvalue weighted by Gasteiger charge is 2.15. The van der Waals surface area contributed by atoms with Crippen LogP contribution in [0.15, 0.2) is 59.7 Å². The highest BCUT2D eigenvalue weighted by Crippen LogP contribution is 2.25. The number of amides is 1. The number of rotatable bonds is 7. The largest absolute Gasteiger partial charge is 0.350 e. The summed E-state index contributed by atoms with van der Waals surface area (Å²) in [6.45, 7) is 0.221. The van der Waals surface area contributed by atoms with Gasteiger partial charge in [0, 0.05) is 31.8 Å². The van der Waals surface area contributed by atoms with Crippen molar-refractivity contribution in [2.45, 2.75) is 19.6 Å². The van der Waals surface area contributed by atoms with E-state index in [9.17, 15) is 18.4 Å². The molecular weight excluding hydrogens is 436 g/mol. The summed E-state index contributed by atoms with van der Waals surface area (Å²) in [6, 6.07) is 13.0. The molecule has 0 aliphatic carbocycles. The number of aromatic nitrogens is 3. The molecule has 4 aromatic rings. The van der Waals surface area contributed by atoms with Gasteiger partial charge in [-0.1, -0.05) is 47.7 Å². The Balaban J connectivity index is 1.46. The first-order valence-electron chi connectivity index (χ1n) is 9.72. The summed E-state index contributed by atoms with van der Waals surface area (Å²) in [4.78, 5) is 35.6. The number of benzene rings is 2. The first-order chi connectivity index (χ1) is 15.4. The normalized spacial score (nSPS) is 11.0. The minimum atomic E-state index is -0.748. The Morgan fingerprint density at radius 2 is 1.97 bits per heavy atom. The van der Waals surface area contributed by atoms with E-state index in [1.807, 2.05) is 42.3 Å². The number of hydrogen-bond donors (Lipinski definition) is 1. The van der Waals surface area contributed by atoms with Crippen molar-refractivity contribution in [1.29, 1.82) is 0 Å². The first kappa shape index (κ1) is 21.6. The first-order valence-corrected chi connectivity index (χ1v) is 10.5. The molecule has 0 aliphatic heterocycles. The molecule has 2 aromatic heterocycles. The average molecular weight is 455 g/mol. The van der Waals surface area contributed by atoms with Crippen LogP contribution in [-0.2, 0) is 24.4 Å². The molecule has 2 heterocycles. The molecule has 164 valence electrons. The SMILES string of the molecule is CN(Cc1ccccc1)c1nc2ncn(CC(=O)NCc3ccc(F)cc3F)c(=O)c2s1. The van der Waals surface area contributed by atoms with Gasteiger partial charge in [-0.15, -0.1) is 0 Å². The summed E-state index contributed by atoms with van der Waals surface area (Å²) in [5.41, 5.74) is 1.19. The van der Waals surface area contributed by atoms with E-state index >= 15 is 0 Å². The lowest BCUT2D eigenvalue weighted by molar-refractivity contribution is -0.121. The molecule has 0 unspecified atom stereocenters. The summed E-state index contributed by atoms with van der Waals surface area (Å²) in [7, 11) is 1.88. The maximum atomic E-state index is 13.7. The Labute approximate surface area is 186 Å². The number of carbonyl (C=O) groups excluding carboxylic acids is 1. The minimum Gasteiger partial charge on any atom is -0.350 e. The fraction of sp³-hybridized carbons (Fsp3) is 0.182. The standard InChI is InChI=1S/C22H19F2N5O2S/c1-28(11-14-5-3-2-4-6-14)22-27-20-19(32-22)21(31)29(13-26-20)12-18(30)25-10-15-7-8-16(23)9-17(15)24/h2-9,13H,10-12H2,1H3,(H,25,30). The zero-order valence-electron chi connectivity index (χ0n) is 17.1. The van der Waals surface area contributed by atoms with Gasteiger partial charge < -0.3 is 10.2 Å². The maximum Gasteiger partial charge on any atom is 0.273 e. The zero-order chi connectivity index (χ0) is 22.7. The Hall–Kier alpha value is -3.66. The Bertz CT molecular complexity index is 1320. The molecule has 0 spiro atoms. The van der Waals surface area contributed by atoms with Gasteiger partial charge in [0.05, 0.1) is 0 Å². The fourth-order valence-electron chi connectivity index (χ4n) is 3.11. The lowest BCUT2D eigenvalue weighted by Gasteiger charge is -2.15. The summed E-state index contributed by atoms with van der Waals surface area (Å²) >= 11 is 1.21. The second-order valence-corrected chi connectivity index (χ2v) is 8.16. The number of hydrogen-bond acceptors (Lipinski definition) is 6. The number of anilines is 1. The number of halogens is 2. The maximum absolute atomic E-state index is 13.7. The lowest BCUT2D eigenvalue weighted by Crippen LogP contribution is -2.32. The van der Waals surface area contributed by atoms with Crippen molar-refractivity contribution in [3.05, 3.63) is 88.0 Å². The highest BCUT2D eigenvalue weighted by atomic mass is 32.1. The second-order valence-electron chi connectivity index (χ2n) is 7.18. The van der Waals surface area contributed by atoms with Gasteiger partial charge in [-0.2, -0.15) is 4.98 Å². The van der Waals surface area contributed by atoms with Gasteiger partial charge in [-0.3, -0.25) is 14.2 Å². The van der Waals surface area contributed by atoms with Crippen LogP contribution in [0.25, 0.3) is 10.3 Å². The molecule has 0 fully saturated rings. The van der Waals surface area contributed by atoms with E-state index in [1.54, 1.807) is 0 Å². The van der Waals surface area contributed by atoms with Gasteiger partial charge in [-0.25, -0.2) is 13.8 Å². The molecule has 10 heteroatoms. The smallest absolute Gasteiger partial charge is 0.273 e. The predicted octanol–water partition coefficient (Wildman–Crippen LogP) is 3.08. The molecule has 0 radical (unpaired) electrons. The van der Waals surface area contributed by atoms with Crippen LogP contribution in [0.3, 0.4) is 0 Å². The minimum absolute atomic E-state index is 0.121.